The van der Waals surface area contributed by atoms with Crippen LogP contribution in [0.5, 0.6) is 0 Å². The average Bonchev–Trinajstić information content (AvgIpc) is 3.04. The lowest BCUT2D eigenvalue weighted by Gasteiger charge is -2.33. The van der Waals surface area contributed by atoms with Gasteiger partial charge in [0.1, 0.15) is 0 Å². The minimum absolute atomic E-state index is 0.00508. The van der Waals surface area contributed by atoms with Gasteiger partial charge in [-0.3, -0.25) is 14.3 Å². The fraction of sp³-hybridized carbons (Fsp3) is 0.500. The predicted molar refractivity (Wildman–Crippen MR) is 107 cm³/mol. The van der Waals surface area contributed by atoms with Crippen LogP contribution in [0.3, 0.4) is 0 Å². The van der Waals surface area contributed by atoms with Gasteiger partial charge >= 0.3 is 0 Å². The molecule has 1 fully saturated rings. The molecular weight excluding hydrogens is 352 g/mol. The largest absolute Gasteiger partial charge is 0.338 e. The van der Waals surface area contributed by atoms with Gasteiger partial charge < -0.3 is 9.80 Å². The van der Waals surface area contributed by atoms with Crippen molar-refractivity contribution in [3.05, 3.63) is 52.3 Å². The zero-order valence-corrected chi connectivity index (χ0v) is 16.9. The number of nitrogens with zero attached hydrogens (tertiary/aromatic N) is 4. The molecule has 3 heterocycles. The fourth-order valence-electron chi connectivity index (χ4n) is 4.62. The molecule has 0 unspecified atom stereocenters. The smallest absolute Gasteiger partial charge is 0.274 e. The Hall–Kier alpha value is -2.63. The van der Waals surface area contributed by atoms with Gasteiger partial charge in [0, 0.05) is 57.8 Å². The lowest BCUT2D eigenvalue weighted by Crippen LogP contribution is -2.39. The number of hydrogen-bond donors (Lipinski definition) is 0. The second-order valence-electron chi connectivity index (χ2n) is 8.01. The lowest BCUT2D eigenvalue weighted by atomic mass is 9.87. The number of carbonyl (C=O) groups excluding carboxylic acids is 2. The Morgan fingerprint density at radius 1 is 1.07 bits per heavy atom. The summed E-state index contributed by atoms with van der Waals surface area (Å²) in [4.78, 5) is 28.7. The maximum Gasteiger partial charge on any atom is 0.274 e. The molecule has 0 N–H and O–H groups in total. The molecule has 1 saturated heterocycles. The maximum atomic E-state index is 13.2. The van der Waals surface area contributed by atoms with Crippen LogP contribution >= 0.6 is 0 Å². The Balaban J connectivity index is 1.49. The van der Waals surface area contributed by atoms with E-state index >= 15 is 0 Å². The van der Waals surface area contributed by atoms with Crippen molar-refractivity contribution in [2.24, 2.45) is 7.05 Å². The van der Waals surface area contributed by atoms with E-state index in [2.05, 4.69) is 36.3 Å². The number of hydrogen-bond acceptors (Lipinski definition) is 3. The molecular formula is C22H28N4O2. The SMILES string of the molecule is CC(=O)N1CCc2c(c(C(=O)N3CCC(c4ccccc4C)CC3)nn2C)C1. The number of aromatic nitrogens is 2. The van der Waals surface area contributed by atoms with Gasteiger partial charge in [0.15, 0.2) is 5.69 Å². The Kier molecular flexibility index (Phi) is 4.96. The van der Waals surface area contributed by atoms with Crippen LogP contribution in [0, 0.1) is 6.92 Å². The van der Waals surface area contributed by atoms with Gasteiger partial charge in [0.2, 0.25) is 5.91 Å². The number of carbonyl (C=O) groups is 2. The van der Waals surface area contributed by atoms with Gasteiger partial charge in [-0.2, -0.15) is 5.10 Å². The molecule has 2 aliphatic rings. The standard InChI is InChI=1S/C22H28N4O2/c1-15-6-4-5-7-18(15)17-8-11-25(12-9-17)22(28)21-19-14-26(16(2)27)13-10-20(19)24(3)23-21/h4-7,17H,8-14H2,1-3H3. The van der Waals surface area contributed by atoms with Crippen molar-refractivity contribution in [2.45, 2.75) is 45.6 Å². The molecule has 0 aliphatic carbocycles. The number of fused-ring (bicyclic) bond motifs is 1. The van der Waals surface area contributed by atoms with Crippen LogP contribution in [0.4, 0.5) is 0 Å². The third-order valence-corrected chi connectivity index (χ3v) is 6.30. The van der Waals surface area contributed by atoms with E-state index in [4.69, 9.17) is 0 Å². The first-order valence-electron chi connectivity index (χ1n) is 10.1. The molecule has 148 valence electrons. The highest BCUT2D eigenvalue weighted by Gasteiger charge is 2.32. The van der Waals surface area contributed by atoms with Gasteiger partial charge in [-0.05, 0) is 36.8 Å². The van der Waals surface area contributed by atoms with Gasteiger partial charge in [-0.25, -0.2) is 0 Å². The van der Waals surface area contributed by atoms with E-state index in [-0.39, 0.29) is 11.8 Å². The van der Waals surface area contributed by atoms with E-state index in [9.17, 15) is 9.59 Å². The summed E-state index contributed by atoms with van der Waals surface area (Å²) in [7, 11) is 1.89. The number of rotatable bonds is 2. The van der Waals surface area contributed by atoms with Crippen molar-refractivity contribution in [2.75, 3.05) is 19.6 Å². The van der Waals surface area contributed by atoms with Crippen molar-refractivity contribution < 1.29 is 9.59 Å². The number of likely N-dealkylation sites (tertiary alicyclic amines) is 1. The summed E-state index contributed by atoms with van der Waals surface area (Å²) in [6.07, 6.45) is 2.71. The maximum absolute atomic E-state index is 13.2. The quantitative estimate of drug-likeness (QED) is 0.805. The summed E-state index contributed by atoms with van der Waals surface area (Å²) < 4.78 is 1.82. The molecule has 1 aromatic heterocycles. The second-order valence-corrected chi connectivity index (χ2v) is 8.01. The summed E-state index contributed by atoms with van der Waals surface area (Å²) in [5.74, 6) is 0.563. The number of piperidine rings is 1. The topological polar surface area (TPSA) is 58.4 Å². The molecule has 1 aromatic carbocycles. The first-order chi connectivity index (χ1) is 13.5. The molecule has 0 spiro atoms. The minimum atomic E-state index is 0.00508. The van der Waals surface area contributed by atoms with Crippen molar-refractivity contribution in [3.8, 4) is 0 Å². The Bertz CT molecular complexity index is 909. The fourth-order valence-corrected chi connectivity index (χ4v) is 4.62. The van der Waals surface area contributed by atoms with Crippen molar-refractivity contribution >= 4 is 11.8 Å². The molecule has 2 aromatic rings. The lowest BCUT2D eigenvalue weighted by molar-refractivity contribution is -0.129. The first kappa shape index (κ1) is 18.7. The molecule has 0 saturated carbocycles. The minimum Gasteiger partial charge on any atom is -0.338 e. The number of aryl methyl sites for hydroxylation is 2. The van der Waals surface area contributed by atoms with E-state index in [1.54, 1.807) is 11.8 Å². The summed E-state index contributed by atoms with van der Waals surface area (Å²) >= 11 is 0. The van der Waals surface area contributed by atoms with Gasteiger partial charge in [0.25, 0.3) is 5.91 Å². The van der Waals surface area contributed by atoms with E-state index in [0.29, 0.717) is 24.7 Å². The normalized spacial score (nSPS) is 17.5. The van der Waals surface area contributed by atoms with E-state index in [1.807, 2.05) is 16.6 Å². The molecule has 2 aliphatic heterocycles. The molecule has 0 bridgehead atoms. The zero-order valence-electron chi connectivity index (χ0n) is 16.9. The van der Waals surface area contributed by atoms with E-state index in [1.165, 1.54) is 11.1 Å². The van der Waals surface area contributed by atoms with E-state index < -0.39 is 0 Å². The zero-order chi connectivity index (χ0) is 19.8. The van der Waals surface area contributed by atoms with Crippen LogP contribution in [-0.4, -0.2) is 51.0 Å². The number of benzene rings is 1. The highest BCUT2D eigenvalue weighted by molar-refractivity contribution is 5.94. The Morgan fingerprint density at radius 3 is 2.46 bits per heavy atom. The summed E-state index contributed by atoms with van der Waals surface area (Å²) in [5, 5.41) is 4.54. The second kappa shape index (κ2) is 7.41. The molecule has 2 amide bonds. The Morgan fingerprint density at radius 2 is 1.79 bits per heavy atom. The third kappa shape index (κ3) is 3.32. The molecule has 4 rings (SSSR count). The van der Waals surface area contributed by atoms with E-state index in [0.717, 1.165) is 43.6 Å². The number of amides is 2. The molecule has 0 radical (unpaired) electrons. The Labute approximate surface area is 166 Å². The van der Waals surface area contributed by atoms with Crippen LogP contribution in [-0.2, 0) is 24.8 Å². The monoisotopic (exact) mass is 380 g/mol. The van der Waals surface area contributed by atoms with Gasteiger partial charge in [-0.15, -0.1) is 0 Å². The van der Waals surface area contributed by atoms with Gasteiger partial charge in [-0.1, -0.05) is 24.3 Å². The van der Waals surface area contributed by atoms with Crippen LogP contribution in [0.1, 0.15) is 58.6 Å². The summed E-state index contributed by atoms with van der Waals surface area (Å²) in [5.41, 5.74) is 5.26. The predicted octanol–water partition coefficient (Wildman–Crippen LogP) is 2.65. The highest BCUT2D eigenvalue weighted by atomic mass is 16.2. The summed E-state index contributed by atoms with van der Waals surface area (Å²) in [6, 6.07) is 8.55. The van der Waals surface area contributed by atoms with Crippen LogP contribution < -0.4 is 0 Å². The van der Waals surface area contributed by atoms with Crippen molar-refractivity contribution in [1.82, 2.24) is 19.6 Å². The van der Waals surface area contributed by atoms with Crippen LogP contribution in [0.15, 0.2) is 24.3 Å². The van der Waals surface area contributed by atoms with Crippen LogP contribution in [0.2, 0.25) is 0 Å². The first-order valence-corrected chi connectivity index (χ1v) is 10.1. The highest BCUT2D eigenvalue weighted by Crippen LogP contribution is 2.31. The average molecular weight is 380 g/mol. The van der Waals surface area contributed by atoms with Crippen LogP contribution in [0.25, 0.3) is 0 Å². The molecule has 0 atom stereocenters. The van der Waals surface area contributed by atoms with Gasteiger partial charge in [0.05, 0.1) is 0 Å². The molecule has 28 heavy (non-hydrogen) atoms. The van der Waals surface area contributed by atoms with Crippen molar-refractivity contribution in [1.29, 1.82) is 0 Å². The third-order valence-electron chi connectivity index (χ3n) is 6.30. The molecule has 6 heteroatoms. The molecule has 6 nitrogen and oxygen atoms in total. The summed E-state index contributed by atoms with van der Waals surface area (Å²) in [6.45, 7) is 6.42. The van der Waals surface area contributed by atoms with Crippen molar-refractivity contribution in [3.63, 3.8) is 0 Å².